The lowest BCUT2D eigenvalue weighted by Gasteiger charge is -2.61. The number of hydrogen-bond acceptors (Lipinski definition) is 2. The largest absolute Gasteiger partial charge is 0.393 e. The molecule has 4 saturated carbocycles. The van der Waals surface area contributed by atoms with Crippen LogP contribution in [-0.2, 0) is 0 Å². The summed E-state index contributed by atoms with van der Waals surface area (Å²) < 4.78 is 0. The van der Waals surface area contributed by atoms with Crippen molar-refractivity contribution in [2.75, 3.05) is 0 Å². The van der Waals surface area contributed by atoms with Crippen LogP contribution in [0.15, 0.2) is 0 Å². The molecule has 0 aromatic rings. The van der Waals surface area contributed by atoms with Crippen LogP contribution in [0.4, 0.5) is 0 Å². The average Bonchev–Trinajstić information content (AvgIpc) is 2.73. The van der Waals surface area contributed by atoms with Crippen LogP contribution in [-0.4, -0.2) is 22.4 Å². The number of hydrogen-bond donors (Lipinski definition) is 2. The van der Waals surface area contributed by atoms with Gasteiger partial charge in [-0.3, -0.25) is 0 Å². The van der Waals surface area contributed by atoms with Crippen LogP contribution in [0.1, 0.15) is 71.6 Å². The summed E-state index contributed by atoms with van der Waals surface area (Å²) in [5, 5.41) is 21.5. The SMILES string of the molecule is CC12C[C@@H](O)C3C(CC[C@H]4CCCCC34C)C1CCC2O. The van der Waals surface area contributed by atoms with Crippen molar-refractivity contribution in [3.63, 3.8) is 0 Å². The minimum Gasteiger partial charge on any atom is -0.393 e. The highest BCUT2D eigenvalue weighted by Crippen LogP contribution is 2.66. The summed E-state index contributed by atoms with van der Waals surface area (Å²) in [6.07, 6.45) is 10.7. The number of fused-ring (bicyclic) bond motifs is 5. The Bertz CT molecular complexity index is 422. The van der Waals surface area contributed by atoms with Crippen molar-refractivity contribution in [2.45, 2.75) is 83.8 Å². The van der Waals surface area contributed by atoms with Gasteiger partial charge in [0, 0.05) is 0 Å². The fraction of sp³-hybridized carbons (Fsp3) is 1.00. The van der Waals surface area contributed by atoms with Crippen molar-refractivity contribution in [1.82, 2.24) is 0 Å². The summed E-state index contributed by atoms with van der Waals surface area (Å²) in [7, 11) is 0. The van der Waals surface area contributed by atoms with Gasteiger partial charge in [-0.2, -0.15) is 0 Å². The average molecular weight is 292 g/mol. The van der Waals surface area contributed by atoms with Crippen molar-refractivity contribution in [3.05, 3.63) is 0 Å². The fourth-order valence-corrected chi connectivity index (χ4v) is 7.39. The van der Waals surface area contributed by atoms with E-state index in [-0.39, 0.29) is 17.6 Å². The molecule has 0 spiro atoms. The molecule has 2 heteroatoms. The first kappa shape index (κ1) is 14.5. The van der Waals surface area contributed by atoms with Crippen molar-refractivity contribution in [2.24, 2.45) is 34.5 Å². The predicted molar refractivity (Wildman–Crippen MR) is 83.7 cm³/mol. The molecule has 4 aliphatic rings. The summed E-state index contributed by atoms with van der Waals surface area (Å²) in [6, 6.07) is 0. The van der Waals surface area contributed by atoms with Gasteiger partial charge < -0.3 is 10.2 Å². The normalized spacial score (nSPS) is 60.0. The first-order chi connectivity index (χ1) is 9.97. The molecule has 0 heterocycles. The molecule has 2 N–H and O–H groups in total. The van der Waals surface area contributed by atoms with Gasteiger partial charge in [-0.1, -0.05) is 26.7 Å². The van der Waals surface area contributed by atoms with Gasteiger partial charge in [0.15, 0.2) is 0 Å². The molecule has 4 aliphatic carbocycles. The maximum Gasteiger partial charge on any atom is 0.0597 e. The highest BCUT2D eigenvalue weighted by atomic mass is 16.3. The van der Waals surface area contributed by atoms with E-state index < -0.39 is 0 Å². The van der Waals surface area contributed by atoms with Crippen LogP contribution in [0.3, 0.4) is 0 Å². The van der Waals surface area contributed by atoms with Gasteiger partial charge in [0.2, 0.25) is 0 Å². The summed E-state index contributed by atoms with van der Waals surface area (Å²) in [5.41, 5.74) is 0.355. The molecule has 0 aliphatic heterocycles. The topological polar surface area (TPSA) is 40.5 Å². The van der Waals surface area contributed by atoms with Crippen LogP contribution in [0, 0.1) is 34.5 Å². The van der Waals surface area contributed by atoms with Crippen LogP contribution in [0.5, 0.6) is 0 Å². The smallest absolute Gasteiger partial charge is 0.0597 e. The molecule has 0 radical (unpaired) electrons. The van der Waals surface area contributed by atoms with Crippen molar-refractivity contribution in [1.29, 1.82) is 0 Å². The Labute approximate surface area is 129 Å². The third-order valence-electron chi connectivity index (χ3n) is 8.46. The lowest BCUT2D eigenvalue weighted by Crippen LogP contribution is -2.58. The maximum atomic E-state index is 11.0. The Kier molecular flexibility index (Phi) is 3.25. The second-order valence-corrected chi connectivity index (χ2v) is 9.19. The summed E-state index contributed by atoms with van der Waals surface area (Å²) in [5.74, 6) is 2.66. The predicted octanol–water partition coefficient (Wildman–Crippen LogP) is 3.75. The molecule has 2 nitrogen and oxygen atoms in total. The molecule has 4 fully saturated rings. The molecule has 0 aromatic carbocycles. The third-order valence-corrected chi connectivity index (χ3v) is 8.46. The zero-order valence-corrected chi connectivity index (χ0v) is 13.7. The molecule has 0 saturated heterocycles. The van der Waals surface area contributed by atoms with E-state index in [1.165, 1.54) is 44.9 Å². The minimum absolute atomic E-state index is 0.0154. The first-order valence-corrected chi connectivity index (χ1v) is 9.33. The highest BCUT2D eigenvalue weighted by molar-refractivity contribution is 5.11. The molecule has 8 atom stereocenters. The van der Waals surface area contributed by atoms with E-state index in [1.807, 2.05) is 0 Å². The van der Waals surface area contributed by atoms with Gasteiger partial charge in [-0.05, 0) is 79.4 Å². The van der Waals surface area contributed by atoms with E-state index in [0.29, 0.717) is 23.2 Å². The van der Waals surface area contributed by atoms with Gasteiger partial charge in [0.1, 0.15) is 0 Å². The molecule has 6 unspecified atom stereocenters. The van der Waals surface area contributed by atoms with E-state index in [4.69, 9.17) is 0 Å². The second kappa shape index (κ2) is 4.71. The molecule has 4 rings (SSSR count). The number of aliphatic hydroxyl groups is 2. The molecule has 0 amide bonds. The zero-order valence-electron chi connectivity index (χ0n) is 13.7. The highest BCUT2D eigenvalue weighted by Gasteiger charge is 2.62. The molecule has 0 aromatic heterocycles. The Morgan fingerprint density at radius 2 is 1.67 bits per heavy atom. The quantitative estimate of drug-likeness (QED) is 0.714. The van der Waals surface area contributed by atoms with E-state index in [9.17, 15) is 10.2 Å². The number of rotatable bonds is 0. The van der Waals surface area contributed by atoms with E-state index >= 15 is 0 Å². The molecular weight excluding hydrogens is 260 g/mol. The second-order valence-electron chi connectivity index (χ2n) is 9.19. The van der Waals surface area contributed by atoms with Gasteiger partial charge >= 0.3 is 0 Å². The molecule has 120 valence electrons. The van der Waals surface area contributed by atoms with Gasteiger partial charge in [0.05, 0.1) is 12.2 Å². The van der Waals surface area contributed by atoms with Crippen LogP contribution in [0.2, 0.25) is 0 Å². The zero-order chi connectivity index (χ0) is 14.8. The lowest BCUT2D eigenvalue weighted by atomic mass is 9.44. The standard InChI is InChI=1S/C19H32O2/c1-18-10-4-3-5-12(18)6-7-13-14-8-9-16(21)19(14,2)11-15(20)17(13)18/h12-17,20-21H,3-11H2,1-2H3/t12-,13?,14?,15-,16?,17?,18?,19?/m1/s1. The Balaban J connectivity index is 1.70. The van der Waals surface area contributed by atoms with E-state index in [0.717, 1.165) is 18.8 Å². The molecule has 21 heavy (non-hydrogen) atoms. The number of aliphatic hydroxyl groups excluding tert-OH is 2. The summed E-state index contributed by atoms with van der Waals surface area (Å²) in [6.45, 7) is 4.75. The monoisotopic (exact) mass is 292 g/mol. The van der Waals surface area contributed by atoms with Crippen molar-refractivity contribution >= 4 is 0 Å². The van der Waals surface area contributed by atoms with Crippen LogP contribution >= 0.6 is 0 Å². The lowest BCUT2D eigenvalue weighted by molar-refractivity contribution is -0.175. The van der Waals surface area contributed by atoms with Gasteiger partial charge in [0.25, 0.3) is 0 Å². The maximum absolute atomic E-state index is 11.0. The molecule has 0 bridgehead atoms. The third kappa shape index (κ3) is 1.84. The van der Waals surface area contributed by atoms with E-state index in [2.05, 4.69) is 13.8 Å². The van der Waals surface area contributed by atoms with E-state index in [1.54, 1.807) is 0 Å². The van der Waals surface area contributed by atoms with Gasteiger partial charge in [-0.15, -0.1) is 0 Å². The molecular formula is C19H32O2. The summed E-state index contributed by atoms with van der Waals surface area (Å²) >= 11 is 0. The Morgan fingerprint density at radius 1 is 0.857 bits per heavy atom. The van der Waals surface area contributed by atoms with Crippen molar-refractivity contribution < 1.29 is 10.2 Å². The van der Waals surface area contributed by atoms with Crippen LogP contribution in [0.25, 0.3) is 0 Å². The fourth-order valence-electron chi connectivity index (χ4n) is 7.39. The van der Waals surface area contributed by atoms with Crippen molar-refractivity contribution in [3.8, 4) is 0 Å². The Morgan fingerprint density at radius 3 is 2.48 bits per heavy atom. The Hall–Kier alpha value is -0.0800. The minimum atomic E-state index is -0.185. The van der Waals surface area contributed by atoms with Gasteiger partial charge in [-0.25, -0.2) is 0 Å². The first-order valence-electron chi connectivity index (χ1n) is 9.33. The summed E-state index contributed by atoms with van der Waals surface area (Å²) in [4.78, 5) is 0. The van der Waals surface area contributed by atoms with Crippen LogP contribution < -0.4 is 0 Å².